The molecule has 2 aromatic carbocycles. The van der Waals surface area contributed by atoms with Crippen LogP contribution in [0.2, 0.25) is 0 Å². The molecule has 1 aliphatic carbocycles. The number of hydrogen-bond acceptors (Lipinski definition) is 4. The van der Waals surface area contributed by atoms with Crippen molar-refractivity contribution in [2.75, 3.05) is 0 Å². The molecule has 0 radical (unpaired) electrons. The first-order valence-corrected chi connectivity index (χ1v) is 8.05. The highest BCUT2D eigenvalue weighted by Crippen LogP contribution is 2.54. The van der Waals surface area contributed by atoms with Crippen molar-refractivity contribution in [3.8, 4) is 5.75 Å². The van der Waals surface area contributed by atoms with Crippen molar-refractivity contribution < 1.29 is 19.5 Å². The Hall–Kier alpha value is -2.86. The summed E-state index contributed by atoms with van der Waals surface area (Å²) >= 11 is 0. The maximum Gasteiger partial charge on any atom is 0.247 e. The van der Waals surface area contributed by atoms with Gasteiger partial charge < -0.3 is 10.5 Å². The van der Waals surface area contributed by atoms with Crippen molar-refractivity contribution in [2.45, 2.75) is 19.4 Å². The van der Waals surface area contributed by atoms with Crippen molar-refractivity contribution in [3.63, 3.8) is 0 Å². The molecule has 0 bridgehead atoms. The molecular formula is C19H20N2O4. The number of rotatable bonds is 7. The first-order valence-electron chi connectivity index (χ1n) is 8.05. The molecule has 25 heavy (non-hydrogen) atoms. The standard InChI is InChI=1S/C19H20N2O4/c20-18(23)19(11-16(19)17(22)21-24)10-14-7-4-8-15(9-14)25-12-13-5-2-1-3-6-13/h1-9,16,24H,10-12H2,(H2,20,23)(H,21,22)/t16-,19+/m0/s1. The summed E-state index contributed by atoms with van der Waals surface area (Å²) in [5.41, 5.74) is 8.08. The highest BCUT2D eigenvalue weighted by atomic mass is 16.5. The van der Waals surface area contributed by atoms with Crippen LogP contribution < -0.4 is 16.0 Å². The van der Waals surface area contributed by atoms with Crippen LogP contribution in [0.4, 0.5) is 0 Å². The van der Waals surface area contributed by atoms with Gasteiger partial charge in [-0.2, -0.15) is 0 Å². The van der Waals surface area contributed by atoms with Crippen LogP contribution >= 0.6 is 0 Å². The van der Waals surface area contributed by atoms with Crippen LogP contribution in [0.1, 0.15) is 17.5 Å². The minimum atomic E-state index is -0.940. The molecule has 0 spiro atoms. The summed E-state index contributed by atoms with van der Waals surface area (Å²) in [6.45, 7) is 0.445. The van der Waals surface area contributed by atoms with Crippen molar-refractivity contribution in [3.05, 3.63) is 65.7 Å². The highest BCUT2D eigenvalue weighted by molar-refractivity contribution is 5.95. The lowest BCUT2D eigenvalue weighted by atomic mass is 9.93. The lowest BCUT2D eigenvalue weighted by molar-refractivity contribution is -0.134. The number of hydrogen-bond donors (Lipinski definition) is 3. The Morgan fingerprint density at radius 2 is 1.88 bits per heavy atom. The molecule has 0 heterocycles. The van der Waals surface area contributed by atoms with Gasteiger partial charge in [0, 0.05) is 0 Å². The second-order valence-corrected chi connectivity index (χ2v) is 6.35. The molecule has 0 unspecified atom stereocenters. The monoisotopic (exact) mass is 340 g/mol. The van der Waals surface area contributed by atoms with Crippen LogP contribution in [0.15, 0.2) is 54.6 Å². The van der Waals surface area contributed by atoms with E-state index >= 15 is 0 Å². The predicted molar refractivity (Wildman–Crippen MR) is 90.6 cm³/mol. The van der Waals surface area contributed by atoms with Gasteiger partial charge in [-0.1, -0.05) is 42.5 Å². The van der Waals surface area contributed by atoms with Crippen LogP contribution in [-0.2, 0) is 22.6 Å². The Morgan fingerprint density at radius 3 is 2.56 bits per heavy atom. The van der Waals surface area contributed by atoms with Crippen LogP contribution in [0.25, 0.3) is 0 Å². The van der Waals surface area contributed by atoms with Gasteiger partial charge in [0.1, 0.15) is 12.4 Å². The van der Waals surface area contributed by atoms with E-state index in [2.05, 4.69) is 0 Å². The van der Waals surface area contributed by atoms with E-state index in [1.165, 1.54) is 0 Å². The average Bonchev–Trinajstić information content (AvgIpc) is 3.36. The zero-order chi connectivity index (χ0) is 17.9. The zero-order valence-corrected chi connectivity index (χ0v) is 13.6. The van der Waals surface area contributed by atoms with Gasteiger partial charge in [0.05, 0.1) is 11.3 Å². The lowest BCUT2D eigenvalue weighted by Gasteiger charge is -2.14. The maximum absolute atomic E-state index is 11.8. The molecule has 6 nitrogen and oxygen atoms in total. The molecule has 1 fully saturated rings. The van der Waals surface area contributed by atoms with Crippen LogP contribution in [0.3, 0.4) is 0 Å². The van der Waals surface area contributed by atoms with Gasteiger partial charge in [0.15, 0.2) is 0 Å². The Labute approximate surface area is 145 Å². The van der Waals surface area contributed by atoms with E-state index in [-0.39, 0.29) is 0 Å². The van der Waals surface area contributed by atoms with Gasteiger partial charge in [-0.05, 0) is 36.1 Å². The summed E-state index contributed by atoms with van der Waals surface area (Å²) in [5.74, 6) is -1.01. The van der Waals surface area contributed by atoms with E-state index in [1.54, 1.807) is 5.48 Å². The van der Waals surface area contributed by atoms with Gasteiger partial charge in [-0.3, -0.25) is 14.8 Å². The first-order chi connectivity index (χ1) is 12.0. The SMILES string of the molecule is NC(=O)[C@]1(Cc2cccc(OCc3ccccc3)c2)C[C@H]1C(=O)NO. The molecule has 4 N–H and O–H groups in total. The van der Waals surface area contributed by atoms with E-state index in [1.807, 2.05) is 54.6 Å². The summed E-state index contributed by atoms with van der Waals surface area (Å²) in [6.07, 6.45) is 0.673. The summed E-state index contributed by atoms with van der Waals surface area (Å²) in [5, 5.41) is 8.78. The van der Waals surface area contributed by atoms with Crippen LogP contribution in [0.5, 0.6) is 5.75 Å². The number of benzene rings is 2. The lowest BCUT2D eigenvalue weighted by Crippen LogP contribution is -2.33. The van der Waals surface area contributed by atoms with E-state index in [4.69, 9.17) is 15.7 Å². The molecule has 130 valence electrons. The Morgan fingerprint density at radius 1 is 1.16 bits per heavy atom. The van der Waals surface area contributed by atoms with E-state index < -0.39 is 23.1 Å². The molecule has 2 amide bonds. The van der Waals surface area contributed by atoms with Gasteiger partial charge in [-0.25, -0.2) is 5.48 Å². The van der Waals surface area contributed by atoms with Crippen molar-refractivity contribution in [1.82, 2.24) is 5.48 Å². The number of primary amides is 1. The number of carbonyl (C=O) groups is 2. The van der Waals surface area contributed by atoms with E-state index in [0.717, 1.165) is 11.1 Å². The third-order valence-electron chi connectivity index (χ3n) is 4.66. The minimum Gasteiger partial charge on any atom is -0.489 e. The molecular weight excluding hydrogens is 320 g/mol. The van der Waals surface area contributed by atoms with Crippen molar-refractivity contribution >= 4 is 11.8 Å². The third kappa shape index (κ3) is 3.64. The second kappa shape index (κ2) is 6.94. The summed E-state index contributed by atoms with van der Waals surface area (Å²) in [4.78, 5) is 23.5. The fourth-order valence-electron chi connectivity index (χ4n) is 3.13. The number of hydroxylamine groups is 1. The van der Waals surface area contributed by atoms with Gasteiger partial charge in [0.25, 0.3) is 0 Å². The Kier molecular flexibility index (Phi) is 4.72. The van der Waals surface area contributed by atoms with Gasteiger partial charge >= 0.3 is 0 Å². The number of amides is 2. The predicted octanol–water partition coefficient (Wildman–Crippen LogP) is 1.81. The Balaban J connectivity index is 1.69. The normalized spacial score (nSPS) is 21.4. The molecule has 0 aliphatic heterocycles. The summed E-state index contributed by atoms with van der Waals surface area (Å²) < 4.78 is 5.79. The molecule has 0 aromatic heterocycles. The molecule has 3 rings (SSSR count). The molecule has 0 saturated heterocycles. The molecule has 1 aliphatic rings. The van der Waals surface area contributed by atoms with Crippen LogP contribution in [0, 0.1) is 11.3 Å². The largest absolute Gasteiger partial charge is 0.489 e. The smallest absolute Gasteiger partial charge is 0.247 e. The topological polar surface area (TPSA) is 102 Å². The quantitative estimate of drug-likeness (QED) is 0.528. The average molecular weight is 340 g/mol. The number of ether oxygens (including phenoxy) is 1. The third-order valence-corrected chi connectivity index (χ3v) is 4.66. The summed E-state index contributed by atoms with van der Waals surface area (Å²) in [7, 11) is 0. The van der Waals surface area contributed by atoms with E-state index in [9.17, 15) is 9.59 Å². The highest BCUT2D eigenvalue weighted by Gasteiger charge is 2.62. The Bertz CT molecular complexity index is 778. The maximum atomic E-state index is 11.8. The van der Waals surface area contributed by atoms with Gasteiger partial charge in [0.2, 0.25) is 11.8 Å². The fourth-order valence-corrected chi connectivity index (χ4v) is 3.13. The molecule has 6 heteroatoms. The van der Waals surface area contributed by atoms with Crippen molar-refractivity contribution in [1.29, 1.82) is 0 Å². The molecule has 1 saturated carbocycles. The summed E-state index contributed by atoms with van der Waals surface area (Å²) in [6, 6.07) is 17.2. The van der Waals surface area contributed by atoms with E-state index in [0.29, 0.717) is 25.2 Å². The van der Waals surface area contributed by atoms with Gasteiger partial charge in [-0.15, -0.1) is 0 Å². The molecule has 2 aromatic rings. The van der Waals surface area contributed by atoms with Crippen molar-refractivity contribution in [2.24, 2.45) is 17.1 Å². The minimum absolute atomic E-state index is 0.336. The van der Waals surface area contributed by atoms with Crippen LogP contribution in [-0.4, -0.2) is 17.0 Å². The first kappa shape index (κ1) is 17.0. The number of carbonyl (C=O) groups excluding carboxylic acids is 2. The zero-order valence-electron chi connectivity index (χ0n) is 13.6. The second-order valence-electron chi connectivity index (χ2n) is 6.35. The molecule has 2 atom stereocenters. The fraction of sp³-hybridized carbons (Fsp3) is 0.263. The number of nitrogens with one attached hydrogen (secondary N) is 1. The number of nitrogens with two attached hydrogens (primary N) is 1.